The minimum atomic E-state index is -0.693. The van der Waals surface area contributed by atoms with Gasteiger partial charge in [0.25, 0.3) is 11.6 Å². The van der Waals surface area contributed by atoms with Gasteiger partial charge >= 0.3 is 0 Å². The van der Waals surface area contributed by atoms with Crippen LogP contribution < -0.4 is 20.1 Å². The molecule has 1 aliphatic rings. The molecule has 1 aliphatic heterocycles. The van der Waals surface area contributed by atoms with E-state index >= 15 is 0 Å². The van der Waals surface area contributed by atoms with Crippen molar-refractivity contribution in [2.45, 2.75) is 0 Å². The van der Waals surface area contributed by atoms with E-state index in [0.717, 1.165) is 0 Å². The Kier molecular flexibility index (Phi) is 4.67. The van der Waals surface area contributed by atoms with Crippen LogP contribution in [-0.4, -0.2) is 17.6 Å². The number of nitrogens with one attached hydrogen (secondary N) is 2. The first-order valence-electron chi connectivity index (χ1n) is 7.39. The van der Waals surface area contributed by atoms with Gasteiger partial charge in [-0.15, -0.1) is 0 Å². The fraction of sp³-hybridized carbons (Fsp3) is 0.0588. The van der Waals surface area contributed by atoms with Crippen LogP contribution in [0.5, 0.6) is 11.5 Å². The monoisotopic (exact) mass is 352 g/mol. The van der Waals surface area contributed by atoms with Gasteiger partial charge in [0.2, 0.25) is 6.79 Å². The fourth-order valence-corrected chi connectivity index (χ4v) is 2.19. The van der Waals surface area contributed by atoms with E-state index in [1.54, 1.807) is 24.3 Å². The first-order chi connectivity index (χ1) is 12.6. The summed E-state index contributed by atoms with van der Waals surface area (Å²) in [6.07, 6.45) is 1.24. The standard InChI is InChI=1S/C17H12N4O5/c18-8-11(9-19-12-4-5-15-16(7-12)26-10-25-15)17(22)20-13-2-1-3-14(6-13)21(23)24/h1-7,9,19H,10H2,(H,20,22)/b11-9-. The number of benzene rings is 2. The molecule has 26 heavy (non-hydrogen) atoms. The molecule has 1 heterocycles. The Morgan fingerprint density at radius 1 is 1.19 bits per heavy atom. The van der Waals surface area contributed by atoms with Gasteiger partial charge in [0.1, 0.15) is 11.6 Å². The number of hydrogen-bond acceptors (Lipinski definition) is 7. The normalized spacial score (nSPS) is 12.2. The Bertz CT molecular complexity index is 948. The molecular weight excluding hydrogens is 340 g/mol. The molecule has 0 aromatic heterocycles. The summed E-state index contributed by atoms with van der Waals surface area (Å²) < 4.78 is 10.4. The summed E-state index contributed by atoms with van der Waals surface area (Å²) >= 11 is 0. The lowest BCUT2D eigenvalue weighted by Gasteiger charge is -2.06. The largest absolute Gasteiger partial charge is 0.454 e. The van der Waals surface area contributed by atoms with Gasteiger partial charge in [-0.05, 0) is 18.2 Å². The number of fused-ring (bicyclic) bond motifs is 1. The summed E-state index contributed by atoms with van der Waals surface area (Å²) in [6, 6.07) is 12.3. The summed E-state index contributed by atoms with van der Waals surface area (Å²) in [7, 11) is 0. The molecule has 0 atom stereocenters. The average Bonchev–Trinajstić information content (AvgIpc) is 3.10. The summed E-state index contributed by atoms with van der Waals surface area (Å²) in [6.45, 7) is 0.143. The van der Waals surface area contributed by atoms with Crippen LogP contribution in [0.4, 0.5) is 17.1 Å². The maximum atomic E-state index is 12.2. The minimum Gasteiger partial charge on any atom is -0.454 e. The summed E-state index contributed by atoms with van der Waals surface area (Å²) in [5, 5.41) is 25.2. The second kappa shape index (κ2) is 7.23. The summed E-state index contributed by atoms with van der Waals surface area (Å²) in [5.74, 6) is 0.479. The molecule has 0 bridgehead atoms. The highest BCUT2D eigenvalue weighted by molar-refractivity contribution is 6.06. The maximum Gasteiger partial charge on any atom is 0.271 e. The molecule has 0 saturated heterocycles. The van der Waals surface area contributed by atoms with Crippen molar-refractivity contribution in [3.05, 3.63) is 64.4 Å². The van der Waals surface area contributed by atoms with Crippen molar-refractivity contribution in [1.29, 1.82) is 5.26 Å². The van der Waals surface area contributed by atoms with Crippen LogP contribution >= 0.6 is 0 Å². The number of nitriles is 1. The second-order valence-electron chi connectivity index (χ2n) is 5.14. The smallest absolute Gasteiger partial charge is 0.271 e. The first-order valence-corrected chi connectivity index (χ1v) is 7.39. The molecule has 2 N–H and O–H groups in total. The number of ether oxygens (including phenoxy) is 2. The fourth-order valence-electron chi connectivity index (χ4n) is 2.19. The van der Waals surface area contributed by atoms with Gasteiger partial charge in [0.05, 0.1) is 4.92 Å². The Morgan fingerprint density at radius 2 is 2.00 bits per heavy atom. The third-order valence-electron chi connectivity index (χ3n) is 3.44. The van der Waals surface area contributed by atoms with Crippen molar-refractivity contribution in [2.24, 2.45) is 0 Å². The Balaban J connectivity index is 1.70. The highest BCUT2D eigenvalue weighted by atomic mass is 16.7. The Hall–Kier alpha value is -4.06. The van der Waals surface area contributed by atoms with E-state index in [0.29, 0.717) is 17.2 Å². The quantitative estimate of drug-likeness (QED) is 0.366. The molecule has 9 nitrogen and oxygen atoms in total. The molecule has 0 aliphatic carbocycles. The Labute approximate surface area is 147 Å². The summed E-state index contributed by atoms with van der Waals surface area (Å²) in [4.78, 5) is 22.4. The molecular formula is C17H12N4O5. The zero-order valence-electron chi connectivity index (χ0n) is 13.3. The van der Waals surface area contributed by atoms with Crippen molar-refractivity contribution < 1.29 is 19.2 Å². The van der Waals surface area contributed by atoms with Crippen molar-refractivity contribution in [3.63, 3.8) is 0 Å². The lowest BCUT2D eigenvalue weighted by Crippen LogP contribution is -2.14. The van der Waals surface area contributed by atoms with Gasteiger partial charge in [-0.25, -0.2) is 0 Å². The molecule has 0 spiro atoms. The number of carbonyl (C=O) groups is 1. The topological polar surface area (TPSA) is 127 Å². The predicted octanol–water partition coefficient (Wildman–Crippen LogP) is 2.78. The molecule has 2 aromatic rings. The maximum absolute atomic E-state index is 12.2. The van der Waals surface area contributed by atoms with E-state index in [-0.39, 0.29) is 23.7 Å². The van der Waals surface area contributed by atoms with Crippen molar-refractivity contribution in [2.75, 3.05) is 17.4 Å². The van der Waals surface area contributed by atoms with E-state index in [4.69, 9.17) is 9.47 Å². The first kappa shape index (κ1) is 16.8. The number of nitrogens with zero attached hydrogens (tertiary/aromatic N) is 2. The molecule has 3 rings (SSSR count). The van der Waals surface area contributed by atoms with Gasteiger partial charge in [0.15, 0.2) is 11.5 Å². The number of hydrogen-bond donors (Lipinski definition) is 2. The van der Waals surface area contributed by atoms with Crippen LogP contribution in [-0.2, 0) is 4.79 Å². The molecule has 0 unspecified atom stereocenters. The van der Waals surface area contributed by atoms with Crippen molar-refractivity contribution in [3.8, 4) is 17.6 Å². The van der Waals surface area contributed by atoms with Gasteiger partial charge in [-0.3, -0.25) is 14.9 Å². The average molecular weight is 352 g/mol. The lowest BCUT2D eigenvalue weighted by molar-refractivity contribution is -0.384. The number of carbonyl (C=O) groups excluding carboxylic acids is 1. The zero-order chi connectivity index (χ0) is 18.5. The second-order valence-corrected chi connectivity index (χ2v) is 5.14. The van der Waals surface area contributed by atoms with Crippen LogP contribution in [0.1, 0.15) is 0 Å². The van der Waals surface area contributed by atoms with Crippen LogP contribution in [0.2, 0.25) is 0 Å². The van der Waals surface area contributed by atoms with Gasteiger partial charge in [0, 0.05) is 35.8 Å². The van der Waals surface area contributed by atoms with E-state index in [1.807, 2.05) is 0 Å². The van der Waals surface area contributed by atoms with Crippen LogP contribution in [0.3, 0.4) is 0 Å². The molecule has 130 valence electrons. The number of nitro benzene ring substituents is 1. The summed E-state index contributed by atoms with van der Waals surface area (Å²) in [5.41, 5.74) is 0.455. The Morgan fingerprint density at radius 3 is 2.77 bits per heavy atom. The number of anilines is 2. The van der Waals surface area contributed by atoms with Crippen molar-refractivity contribution in [1.82, 2.24) is 0 Å². The van der Waals surface area contributed by atoms with Crippen LogP contribution in [0.15, 0.2) is 54.2 Å². The van der Waals surface area contributed by atoms with E-state index < -0.39 is 10.8 Å². The predicted molar refractivity (Wildman–Crippen MR) is 91.6 cm³/mol. The van der Waals surface area contributed by atoms with E-state index in [1.165, 1.54) is 30.5 Å². The zero-order valence-corrected chi connectivity index (χ0v) is 13.3. The third-order valence-corrected chi connectivity index (χ3v) is 3.44. The molecule has 2 aromatic carbocycles. The highest BCUT2D eigenvalue weighted by Gasteiger charge is 2.14. The van der Waals surface area contributed by atoms with Crippen LogP contribution in [0.25, 0.3) is 0 Å². The van der Waals surface area contributed by atoms with Crippen LogP contribution in [0, 0.1) is 21.4 Å². The number of rotatable bonds is 5. The molecule has 9 heteroatoms. The molecule has 1 amide bonds. The SMILES string of the molecule is N#C/C(=C/Nc1ccc2c(c1)OCO2)C(=O)Nc1cccc([N+](=O)[O-])c1. The molecule has 0 saturated carbocycles. The minimum absolute atomic E-state index is 0.143. The molecule has 0 fully saturated rings. The van der Waals surface area contributed by atoms with E-state index in [2.05, 4.69) is 10.6 Å². The number of amides is 1. The number of nitro groups is 1. The van der Waals surface area contributed by atoms with Gasteiger partial charge in [-0.2, -0.15) is 5.26 Å². The van der Waals surface area contributed by atoms with E-state index in [9.17, 15) is 20.2 Å². The van der Waals surface area contributed by atoms with Crippen molar-refractivity contribution >= 4 is 23.0 Å². The van der Waals surface area contributed by atoms with Gasteiger partial charge in [-0.1, -0.05) is 6.07 Å². The molecule has 0 radical (unpaired) electrons. The highest BCUT2D eigenvalue weighted by Crippen LogP contribution is 2.34. The lowest BCUT2D eigenvalue weighted by atomic mass is 10.2. The van der Waals surface area contributed by atoms with Gasteiger partial charge < -0.3 is 20.1 Å². The number of non-ortho nitro benzene ring substituents is 1. The third kappa shape index (κ3) is 3.70.